The van der Waals surface area contributed by atoms with Crippen LogP contribution >= 0.6 is 0 Å². The molecule has 0 aliphatic heterocycles. The van der Waals surface area contributed by atoms with E-state index in [1.807, 2.05) is 13.2 Å². The number of amides is 1. The summed E-state index contributed by atoms with van der Waals surface area (Å²) >= 11 is 0. The Balaban J connectivity index is 1.62. The number of rotatable bonds is 3. The third-order valence-corrected chi connectivity index (χ3v) is 3.04. The lowest BCUT2D eigenvalue weighted by atomic mass is 10.2. The normalized spacial score (nSPS) is 21.9. The number of carbonyl (C=O) groups is 1. The Morgan fingerprint density at radius 3 is 3.06 bits per heavy atom. The van der Waals surface area contributed by atoms with Crippen molar-refractivity contribution in [3.8, 4) is 0 Å². The quantitative estimate of drug-likeness (QED) is 0.869. The summed E-state index contributed by atoms with van der Waals surface area (Å²) in [4.78, 5) is 15.8. The van der Waals surface area contributed by atoms with Gasteiger partial charge in [0.15, 0.2) is 5.82 Å². The van der Waals surface area contributed by atoms with Crippen molar-refractivity contribution in [3.63, 3.8) is 0 Å². The van der Waals surface area contributed by atoms with Gasteiger partial charge in [0.25, 0.3) is 0 Å². The molecule has 1 aliphatic rings. The summed E-state index contributed by atoms with van der Waals surface area (Å²) < 4.78 is 6.59. The third kappa shape index (κ3) is 1.99. The van der Waals surface area contributed by atoms with Crippen LogP contribution < -0.4 is 5.32 Å². The number of hydrogen-bond donors (Lipinski definition) is 1. The summed E-state index contributed by atoms with van der Waals surface area (Å²) in [5, 5.41) is 10.3. The van der Waals surface area contributed by atoms with Gasteiger partial charge in [0, 0.05) is 19.2 Å². The summed E-state index contributed by atoms with van der Waals surface area (Å²) in [5.74, 6) is 0.654. The zero-order valence-corrected chi connectivity index (χ0v) is 10.1. The second-order valence-electron chi connectivity index (χ2n) is 4.53. The predicted octanol–water partition coefficient (Wildman–Crippen LogP) is 0.854. The van der Waals surface area contributed by atoms with Gasteiger partial charge in [0.1, 0.15) is 0 Å². The Labute approximate surface area is 103 Å². The molecule has 1 fully saturated rings. The van der Waals surface area contributed by atoms with Gasteiger partial charge in [-0.1, -0.05) is 5.16 Å². The van der Waals surface area contributed by atoms with Gasteiger partial charge in [-0.15, -0.1) is 0 Å². The number of nitrogens with one attached hydrogen (secondary N) is 1. The van der Waals surface area contributed by atoms with Crippen molar-refractivity contribution >= 4 is 11.9 Å². The maximum absolute atomic E-state index is 11.9. The highest BCUT2D eigenvalue weighted by Gasteiger charge is 2.45. The lowest BCUT2D eigenvalue weighted by Gasteiger charge is -1.97. The van der Waals surface area contributed by atoms with E-state index in [1.54, 1.807) is 17.8 Å². The van der Waals surface area contributed by atoms with Gasteiger partial charge in [-0.25, -0.2) is 0 Å². The van der Waals surface area contributed by atoms with E-state index in [0.29, 0.717) is 5.82 Å². The van der Waals surface area contributed by atoms with Crippen LogP contribution in [0.3, 0.4) is 0 Å². The van der Waals surface area contributed by atoms with Crippen molar-refractivity contribution in [3.05, 3.63) is 23.8 Å². The molecule has 1 N–H and O–H groups in total. The first kappa shape index (κ1) is 10.9. The molecule has 0 radical (unpaired) electrons. The van der Waals surface area contributed by atoms with Crippen LogP contribution in [0.25, 0.3) is 0 Å². The Kier molecular flexibility index (Phi) is 2.39. The molecule has 0 saturated heterocycles. The fraction of sp³-hybridized carbons (Fsp3) is 0.455. The summed E-state index contributed by atoms with van der Waals surface area (Å²) in [6, 6.07) is 0.161. The molecule has 2 aromatic heterocycles. The molecule has 1 aliphatic carbocycles. The smallest absolute Gasteiger partial charge is 0.315 e. The molecule has 1 amide bonds. The summed E-state index contributed by atoms with van der Waals surface area (Å²) in [6.07, 6.45) is 4.58. The highest BCUT2D eigenvalue weighted by molar-refractivity contribution is 5.93. The van der Waals surface area contributed by atoms with Crippen LogP contribution in [0.2, 0.25) is 0 Å². The Morgan fingerprint density at radius 2 is 2.44 bits per heavy atom. The van der Waals surface area contributed by atoms with E-state index in [-0.39, 0.29) is 23.8 Å². The number of carbonyl (C=O) groups excluding carboxylic acids is 1. The third-order valence-electron chi connectivity index (χ3n) is 3.04. The molecular formula is C11H13N5O2. The SMILES string of the molecule is Cc1noc(NC(=O)[C@@H]2C[C@H]2c2cnn(C)c2)n1. The maximum atomic E-state index is 11.9. The number of hydrogen-bond acceptors (Lipinski definition) is 5. The van der Waals surface area contributed by atoms with Crippen LogP contribution in [0, 0.1) is 12.8 Å². The number of aromatic nitrogens is 4. The van der Waals surface area contributed by atoms with Gasteiger partial charge in [0.05, 0.1) is 6.20 Å². The Morgan fingerprint density at radius 1 is 1.61 bits per heavy atom. The van der Waals surface area contributed by atoms with Crippen molar-refractivity contribution < 1.29 is 9.32 Å². The predicted molar refractivity (Wildman–Crippen MR) is 61.7 cm³/mol. The standard InChI is InChI=1S/C11H13N5O2/c1-6-13-11(18-15-6)14-10(17)9-3-8(9)7-4-12-16(2)5-7/h4-5,8-9H,3H2,1-2H3,(H,13,14,15,17)/t8-,9+/m0/s1. The molecule has 2 aromatic rings. The largest absolute Gasteiger partial charge is 0.328 e. The van der Waals surface area contributed by atoms with Gasteiger partial charge in [-0.3, -0.25) is 14.8 Å². The van der Waals surface area contributed by atoms with Crippen LogP contribution in [-0.2, 0) is 11.8 Å². The Bertz CT molecular complexity index is 588. The van der Waals surface area contributed by atoms with E-state index in [1.165, 1.54) is 0 Å². The zero-order valence-electron chi connectivity index (χ0n) is 10.1. The van der Waals surface area contributed by atoms with Crippen molar-refractivity contribution in [2.75, 3.05) is 5.32 Å². The van der Waals surface area contributed by atoms with E-state index < -0.39 is 0 Å². The van der Waals surface area contributed by atoms with Crippen LogP contribution in [0.1, 0.15) is 23.7 Å². The average Bonchev–Trinajstić information content (AvgIpc) is 2.86. The monoisotopic (exact) mass is 247 g/mol. The second-order valence-corrected chi connectivity index (χ2v) is 4.53. The van der Waals surface area contributed by atoms with Gasteiger partial charge >= 0.3 is 6.01 Å². The minimum absolute atomic E-state index is 0.0265. The molecule has 3 rings (SSSR count). The fourth-order valence-corrected chi connectivity index (χ4v) is 2.03. The highest BCUT2D eigenvalue weighted by Crippen LogP contribution is 2.47. The molecule has 0 bridgehead atoms. The second kappa shape index (κ2) is 3.94. The Hall–Kier alpha value is -2.18. The number of anilines is 1. The van der Waals surface area contributed by atoms with Crippen molar-refractivity contribution in [2.24, 2.45) is 13.0 Å². The minimum atomic E-state index is -0.0764. The lowest BCUT2D eigenvalue weighted by molar-refractivity contribution is -0.117. The van der Waals surface area contributed by atoms with Crippen molar-refractivity contribution in [2.45, 2.75) is 19.3 Å². The van der Waals surface area contributed by atoms with Crippen LogP contribution in [-0.4, -0.2) is 25.8 Å². The first-order chi connectivity index (χ1) is 8.63. The first-order valence-corrected chi connectivity index (χ1v) is 5.73. The molecule has 0 aromatic carbocycles. The van der Waals surface area contributed by atoms with Gasteiger partial charge < -0.3 is 4.52 Å². The molecule has 7 heteroatoms. The topological polar surface area (TPSA) is 85.8 Å². The number of aryl methyl sites for hydroxylation is 2. The molecule has 1 saturated carbocycles. The lowest BCUT2D eigenvalue weighted by Crippen LogP contribution is -2.14. The van der Waals surface area contributed by atoms with E-state index in [2.05, 4.69) is 20.6 Å². The van der Waals surface area contributed by atoms with Crippen LogP contribution in [0.15, 0.2) is 16.9 Å². The molecule has 0 spiro atoms. The van der Waals surface area contributed by atoms with E-state index >= 15 is 0 Å². The van der Waals surface area contributed by atoms with E-state index in [0.717, 1.165) is 12.0 Å². The molecule has 2 heterocycles. The minimum Gasteiger partial charge on any atom is -0.315 e. The molecular weight excluding hydrogens is 234 g/mol. The van der Waals surface area contributed by atoms with Gasteiger partial charge in [-0.05, 0) is 24.8 Å². The fourth-order valence-electron chi connectivity index (χ4n) is 2.03. The van der Waals surface area contributed by atoms with E-state index in [4.69, 9.17) is 4.52 Å². The van der Waals surface area contributed by atoms with Gasteiger partial charge in [-0.2, -0.15) is 10.1 Å². The summed E-state index contributed by atoms with van der Waals surface area (Å²) in [5.41, 5.74) is 1.10. The molecule has 18 heavy (non-hydrogen) atoms. The van der Waals surface area contributed by atoms with Gasteiger partial charge in [0.2, 0.25) is 5.91 Å². The molecule has 2 atom stereocenters. The average molecular weight is 247 g/mol. The van der Waals surface area contributed by atoms with E-state index in [9.17, 15) is 4.79 Å². The van der Waals surface area contributed by atoms with Crippen LogP contribution in [0.4, 0.5) is 6.01 Å². The van der Waals surface area contributed by atoms with Crippen molar-refractivity contribution in [1.82, 2.24) is 19.9 Å². The van der Waals surface area contributed by atoms with Crippen LogP contribution in [0.5, 0.6) is 0 Å². The number of nitrogens with zero attached hydrogens (tertiary/aromatic N) is 4. The summed E-state index contributed by atoms with van der Waals surface area (Å²) in [6.45, 7) is 1.70. The first-order valence-electron chi connectivity index (χ1n) is 5.73. The highest BCUT2D eigenvalue weighted by atomic mass is 16.5. The maximum Gasteiger partial charge on any atom is 0.328 e. The molecule has 7 nitrogen and oxygen atoms in total. The molecule has 0 unspecified atom stereocenters. The van der Waals surface area contributed by atoms with Crippen molar-refractivity contribution in [1.29, 1.82) is 0 Å². The zero-order chi connectivity index (χ0) is 12.7. The summed E-state index contributed by atoms with van der Waals surface area (Å²) in [7, 11) is 1.86. The molecule has 94 valence electrons.